The largest absolute Gasteiger partial charge is 0.508 e. The molecule has 0 bridgehead atoms. The zero-order chi connectivity index (χ0) is 22.7. The normalized spacial score (nSPS) is 18.1. The van der Waals surface area contributed by atoms with Crippen molar-refractivity contribution in [1.82, 2.24) is 9.80 Å². The molecule has 31 heavy (non-hydrogen) atoms. The summed E-state index contributed by atoms with van der Waals surface area (Å²) in [6, 6.07) is 10.8. The number of aliphatic hydroxyl groups is 1. The molecule has 1 aliphatic heterocycles. The molecule has 0 saturated carbocycles. The number of likely N-dealkylation sites (tertiary alicyclic amines) is 1. The molecule has 1 amide bonds. The van der Waals surface area contributed by atoms with Gasteiger partial charge < -0.3 is 24.7 Å². The second-order valence-electron chi connectivity index (χ2n) is 7.92. The van der Waals surface area contributed by atoms with Crippen molar-refractivity contribution in [1.29, 1.82) is 0 Å². The number of hydrogen-bond acceptors (Lipinski definition) is 6. The van der Waals surface area contributed by atoms with E-state index >= 15 is 0 Å². The van der Waals surface area contributed by atoms with Crippen molar-refractivity contribution in [3.8, 4) is 11.5 Å². The average molecular weight is 424 g/mol. The molecule has 2 aromatic rings. The first kappa shape index (κ1) is 22.4. The van der Waals surface area contributed by atoms with Gasteiger partial charge in [-0.15, -0.1) is 0 Å². The quantitative estimate of drug-likeness (QED) is 0.403. The highest BCUT2D eigenvalue weighted by atomic mass is 16.5. The van der Waals surface area contributed by atoms with Crippen molar-refractivity contribution in [3.63, 3.8) is 0 Å². The van der Waals surface area contributed by atoms with Crippen LogP contribution in [-0.2, 0) is 9.59 Å². The number of aliphatic hydroxyl groups excluding tert-OH is 1. The lowest BCUT2D eigenvalue weighted by molar-refractivity contribution is -0.139. The summed E-state index contributed by atoms with van der Waals surface area (Å²) in [6.45, 7) is 2.93. The van der Waals surface area contributed by atoms with Crippen LogP contribution < -0.4 is 4.74 Å². The lowest BCUT2D eigenvalue weighted by Crippen LogP contribution is -2.32. The number of phenolic OH excluding ortho intramolecular Hbond substituents is 1. The summed E-state index contributed by atoms with van der Waals surface area (Å²) in [7, 11) is 5.44. The molecule has 2 N–H and O–H groups in total. The van der Waals surface area contributed by atoms with Gasteiger partial charge in [-0.25, -0.2) is 0 Å². The Balaban J connectivity index is 2.11. The highest BCUT2D eigenvalue weighted by Crippen LogP contribution is 2.40. The van der Waals surface area contributed by atoms with Crippen LogP contribution in [0, 0.1) is 6.92 Å². The number of benzene rings is 2. The summed E-state index contributed by atoms with van der Waals surface area (Å²) in [5.41, 5.74) is 1.89. The number of ketones is 1. The molecule has 0 unspecified atom stereocenters. The number of rotatable bonds is 7. The van der Waals surface area contributed by atoms with Crippen LogP contribution in [-0.4, -0.2) is 66.0 Å². The Morgan fingerprint density at radius 1 is 1.13 bits per heavy atom. The number of aromatic hydroxyl groups is 1. The highest BCUT2D eigenvalue weighted by molar-refractivity contribution is 6.46. The maximum absolute atomic E-state index is 13.0. The molecule has 1 fully saturated rings. The standard InChI is InChI=1S/C24H28N2O5/c1-15-14-18(31-4)10-11-19(15)22(28)20-21(16-6-8-17(27)9-7-16)26(24(30)23(20)29)13-5-12-25(2)3/h6-11,14,21,27-28H,5,12-13H2,1-4H3/b22-20+/t21-/m1/s1. The van der Waals surface area contributed by atoms with Crippen LogP contribution in [0.4, 0.5) is 0 Å². The van der Waals surface area contributed by atoms with Gasteiger partial charge >= 0.3 is 0 Å². The van der Waals surface area contributed by atoms with E-state index in [1.807, 2.05) is 19.0 Å². The number of Topliss-reactive ketones (excluding diaryl/α,β-unsaturated/α-hetero) is 1. The zero-order valence-corrected chi connectivity index (χ0v) is 18.3. The number of ether oxygens (including phenoxy) is 1. The maximum Gasteiger partial charge on any atom is 0.295 e. The minimum Gasteiger partial charge on any atom is -0.508 e. The SMILES string of the molecule is COc1ccc(/C(O)=C2\C(=O)C(=O)N(CCCN(C)C)[C@@H]2c2ccc(O)cc2)c(C)c1. The van der Waals surface area contributed by atoms with E-state index in [1.54, 1.807) is 44.4 Å². The zero-order valence-electron chi connectivity index (χ0n) is 18.3. The van der Waals surface area contributed by atoms with Crippen molar-refractivity contribution in [2.75, 3.05) is 34.3 Å². The Labute approximate surface area is 182 Å². The number of hydrogen-bond donors (Lipinski definition) is 2. The van der Waals surface area contributed by atoms with Gasteiger partial charge in [0.2, 0.25) is 0 Å². The average Bonchev–Trinajstić information content (AvgIpc) is 2.98. The number of methoxy groups -OCH3 is 1. The van der Waals surface area contributed by atoms with E-state index < -0.39 is 17.7 Å². The van der Waals surface area contributed by atoms with E-state index in [4.69, 9.17) is 4.74 Å². The first-order valence-corrected chi connectivity index (χ1v) is 10.1. The summed E-state index contributed by atoms with van der Waals surface area (Å²) in [6.07, 6.45) is 0.677. The van der Waals surface area contributed by atoms with Crippen LogP contribution in [0.15, 0.2) is 48.0 Å². The lowest BCUT2D eigenvalue weighted by Gasteiger charge is -2.26. The van der Waals surface area contributed by atoms with E-state index in [2.05, 4.69) is 0 Å². The lowest BCUT2D eigenvalue weighted by atomic mass is 9.94. The van der Waals surface area contributed by atoms with Gasteiger partial charge in [0.15, 0.2) is 0 Å². The smallest absolute Gasteiger partial charge is 0.295 e. The molecule has 7 heteroatoms. The number of carbonyl (C=O) groups is 2. The van der Waals surface area contributed by atoms with Gasteiger partial charge in [0.05, 0.1) is 18.7 Å². The number of carbonyl (C=O) groups excluding carboxylic acids is 2. The highest BCUT2D eigenvalue weighted by Gasteiger charge is 2.45. The number of aryl methyl sites for hydroxylation is 1. The van der Waals surface area contributed by atoms with Gasteiger partial charge in [0.1, 0.15) is 17.3 Å². The number of phenols is 1. The van der Waals surface area contributed by atoms with Crippen LogP contribution in [0.25, 0.3) is 5.76 Å². The fraction of sp³-hybridized carbons (Fsp3) is 0.333. The Kier molecular flexibility index (Phi) is 6.65. The monoisotopic (exact) mass is 424 g/mol. The Morgan fingerprint density at radius 2 is 1.81 bits per heavy atom. The fourth-order valence-corrected chi connectivity index (χ4v) is 3.85. The molecule has 2 aromatic carbocycles. The maximum atomic E-state index is 13.0. The van der Waals surface area contributed by atoms with Crippen LogP contribution in [0.3, 0.4) is 0 Å². The molecule has 1 saturated heterocycles. The van der Waals surface area contributed by atoms with E-state index in [0.29, 0.717) is 29.8 Å². The molecule has 0 spiro atoms. The molecule has 0 aromatic heterocycles. The van der Waals surface area contributed by atoms with Gasteiger partial charge in [0, 0.05) is 12.1 Å². The molecule has 1 atom stereocenters. The van der Waals surface area contributed by atoms with Crippen molar-refractivity contribution in [2.45, 2.75) is 19.4 Å². The predicted octanol–water partition coefficient (Wildman–Crippen LogP) is 3.08. The Hall–Kier alpha value is -3.32. The van der Waals surface area contributed by atoms with Gasteiger partial charge in [-0.3, -0.25) is 9.59 Å². The third-order valence-corrected chi connectivity index (χ3v) is 5.44. The van der Waals surface area contributed by atoms with E-state index in [1.165, 1.54) is 17.0 Å². The minimum atomic E-state index is -0.732. The van der Waals surface area contributed by atoms with Gasteiger partial charge in [-0.05, 0) is 75.4 Å². The fourth-order valence-electron chi connectivity index (χ4n) is 3.85. The Morgan fingerprint density at radius 3 is 2.39 bits per heavy atom. The number of amides is 1. The summed E-state index contributed by atoms with van der Waals surface area (Å²) in [5.74, 6) is -0.848. The van der Waals surface area contributed by atoms with E-state index in [9.17, 15) is 19.8 Å². The second kappa shape index (κ2) is 9.22. The van der Waals surface area contributed by atoms with Crippen LogP contribution in [0.2, 0.25) is 0 Å². The molecule has 0 radical (unpaired) electrons. The van der Waals surface area contributed by atoms with Crippen molar-refractivity contribution in [2.24, 2.45) is 0 Å². The molecule has 164 valence electrons. The molecule has 7 nitrogen and oxygen atoms in total. The van der Waals surface area contributed by atoms with Crippen molar-refractivity contribution < 1.29 is 24.5 Å². The van der Waals surface area contributed by atoms with Crippen LogP contribution >= 0.6 is 0 Å². The third-order valence-electron chi connectivity index (χ3n) is 5.44. The molecule has 1 heterocycles. The van der Waals surface area contributed by atoms with Crippen LogP contribution in [0.5, 0.6) is 11.5 Å². The second-order valence-corrected chi connectivity index (χ2v) is 7.92. The Bertz CT molecular complexity index is 1010. The van der Waals surface area contributed by atoms with Crippen molar-refractivity contribution in [3.05, 3.63) is 64.7 Å². The predicted molar refractivity (Wildman–Crippen MR) is 118 cm³/mol. The first-order valence-electron chi connectivity index (χ1n) is 10.1. The molecule has 3 rings (SSSR count). The molecule has 0 aliphatic carbocycles. The minimum absolute atomic E-state index is 0.0498. The topological polar surface area (TPSA) is 90.3 Å². The van der Waals surface area contributed by atoms with Crippen LogP contribution in [0.1, 0.15) is 29.2 Å². The summed E-state index contributed by atoms with van der Waals surface area (Å²) >= 11 is 0. The van der Waals surface area contributed by atoms with Crippen molar-refractivity contribution >= 4 is 17.4 Å². The van der Waals surface area contributed by atoms with Gasteiger partial charge in [-0.2, -0.15) is 0 Å². The molecule has 1 aliphatic rings. The molecular formula is C24H28N2O5. The summed E-state index contributed by atoms with van der Waals surface area (Å²) < 4.78 is 5.22. The van der Waals surface area contributed by atoms with E-state index in [0.717, 1.165) is 12.1 Å². The van der Waals surface area contributed by atoms with E-state index in [-0.39, 0.29) is 17.1 Å². The van der Waals surface area contributed by atoms with Gasteiger partial charge in [0.25, 0.3) is 11.7 Å². The third kappa shape index (κ3) is 4.56. The van der Waals surface area contributed by atoms with Gasteiger partial charge in [-0.1, -0.05) is 12.1 Å². The number of nitrogens with zero attached hydrogens (tertiary/aromatic N) is 2. The molecular weight excluding hydrogens is 396 g/mol. The summed E-state index contributed by atoms with van der Waals surface area (Å²) in [5, 5.41) is 20.8. The first-order chi connectivity index (χ1) is 14.7. The summed E-state index contributed by atoms with van der Waals surface area (Å²) in [4.78, 5) is 29.4.